The topological polar surface area (TPSA) is 40.6 Å². The first-order valence-corrected chi connectivity index (χ1v) is 6.17. The van der Waals surface area contributed by atoms with Gasteiger partial charge in [-0.15, -0.1) is 0 Å². The highest BCUT2D eigenvalue weighted by atomic mass is 35.5. The summed E-state index contributed by atoms with van der Waals surface area (Å²) in [6.07, 6.45) is 1.59. The first kappa shape index (κ1) is 14.4. The molecular weight excluding hydrogens is 285 g/mol. The summed E-state index contributed by atoms with van der Waals surface area (Å²) in [6, 6.07) is 5.92. The van der Waals surface area contributed by atoms with E-state index in [4.69, 9.17) is 25.8 Å². The van der Waals surface area contributed by atoms with Gasteiger partial charge < -0.3 is 14.2 Å². The van der Waals surface area contributed by atoms with E-state index in [2.05, 4.69) is 4.98 Å². The van der Waals surface area contributed by atoms with Crippen molar-refractivity contribution >= 4 is 11.6 Å². The van der Waals surface area contributed by atoms with Gasteiger partial charge in [-0.05, 0) is 12.1 Å². The van der Waals surface area contributed by atoms with Gasteiger partial charge in [-0.25, -0.2) is 4.39 Å². The standard InChI is InChI=1S/C14H13ClFNO3/c1-18-13-5-6-17-12(14(13)19-2)8-20-9-3-4-10(15)11(16)7-9/h3-7H,8H2,1-2H3. The molecule has 1 heterocycles. The van der Waals surface area contributed by atoms with Gasteiger partial charge in [0.25, 0.3) is 0 Å². The number of methoxy groups -OCH3 is 2. The summed E-state index contributed by atoms with van der Waals surface area (Å²) in [5.41, 5.74) is 0.558. The van der Waals surface area contributed by atoms with Crippen LogP contribution in [0.4, 0.5) is 4.39 Å². The lowest BCUT2D eigenvalue weighted by molar-refractivity contribution is 0.283. The minimum absolute atomic E-state index is 0.0504. The summed E-state index contributed by atoms with van der Waals surface area (Å²) in [5.74, 6) is 0.876. The number of benzene rings is 1. The molecule has 0 N–H and O–H groups in total. The maximum absolute atomic E-state index is 13.3. The molecule has 0 spiro atoms. The molecule has 2 rings (SSSR count). The molecule has 0 aliphatic carbocycles. The Morgan fingerprint density at radius 2 is 2.00 bits per heavy atom. The van der Waals surface area contributed by atoms with Crippen molar-refractivity contribution in [2.24, 2.45) is 0 Å². The number of rotatable bonds is 5. The minimum atomic E-state index is -0.533. The number of pyridine rings is 1. The average Bonchev–Trinajstić information content (AvgIpc) is 2.47. The Labute approximate surface area is 121 Å². The van der Waals surface area contributed by atoms with Gasteiger partial charge in [-0.2, -0.15) is 0 Å². The molecule has 20 heavy (non-hydrogen) atoms. The molecule has 0 radical (unpaired) electrons. The van der Waals surface area contributed by atoms with Gasteiger partial charge in [0.2, 0.25) is 0 Å². The first-order valence-electron chi connectivity index (χ1n) is 5.79. The number of halogens is 2. The molecule has 0 saturated heterocycles. The molecule has 0 fully saturated rings. The van der Waals surface area contributed by atoms with Gasteiger partial charge in [-0.3, -0.25) is 4.98 Å². The van der Waals surface area contributed by atoms with Gasteiger partial charge in [0.1, 0.15) is 23.9 Å². The summed E-state index contributed by atoms with van der Waals surface area (Å²) in [5, 5.41) is 0.0504. The fourth-order valence-corrected chi connectivity index (χ4v) is 1.79. The van der Waals surface area contributed by atoms with Crippen LogP contribution in [0.25, 0.3) is 0 Å². The van der Waals surface area contributed by atoms with Crippen LogP contribution in [0, 0.1) is 5.82 Å². The number of hydrogen-bond acceptors (Lipinski definition) is 4. The number of hydrogen-bond donors (Lipinski definition) is 0. The Kier molecular flexibility index (Phi) is 4.63. The predicted octanol–water partition coefficient (Wildman–Crippen LogP) is 3.47. The number of nitrogens with zero attached hydrogens (tertiary/aromatic N) is 1. The Hall–Kier alpha value is -2.01. The van der Waals surface area contributed by atoms with E-state index in [-0.39, 0.29) is 11.6 Å². The third-order valence-electron chi connectivity index (χ3n) is 2.63. The second kappa shape index (κ2) is 6.43. The molecule has 0 amide bonds. The van der Waals surface area contributed by atoms with E-state index in [1.54, 1.807) is 18.3 Å². The molecule has 6 heteroatoms. The molecule has 1 aromatic carbocycles. The summed E-state index contributed by atoms with van der Waals surface area (Å²) in [7, 11) is 3.06. The highest BCUT2D eigenvalue weighted by Gasteiger charge is 2.12. The van der Waals surface area contributed by atoms with E-state index in [0.29, 0.717) is 22.9 Å². The maximum Gasteiger partial charge on any atom is 0.185 e. The lowest BCUT2D eigenvalue weighted by Crippen LogP contribution is -2.03. The van der Waals surface area contributed by atoms with Crippen molar-refractivity contribution in [2.45, 2.75) is 6.61 Å². The van der Waals surface area contributed by atoms with Crippen LogP contribution in [0.3, 0.4) is 0 Å². The van der Waals surface area contributed by atoms with Crippen LogP contribution in [0.2, 0.25) is 5.02 Å². The zero-order valence-electron chi connectivity index (χ0n) is 11.0. The smallest absolute Gasteiger partial charge is 0.185 e. The third kappa shape index (κ3) is 3.11. The van der Waals surface area contributed by atoms with E-state index in [9.17, 15) is 4.39 Å². The minimum Gasteiger partial charge on any atom is -0.493 e. The van der Waals surface area contributed by atoms with Gasteiger partial charge in [0.05, 0.1) is 19.2 Å². The Morgan fingerprint density at radius 1 is 1.20 bits per heavy atom. The molecule has 0 atom stereocenters. The van der Waals surface area contributed by atoms with Crippen molar-refractivity contribution < 1.29 is 18.6 Å². The number of aromatic nitrogens is 1. The zero-order chi connectivity index (χ0) is 14.5. The fourth-order valence-electron chi connectivity index (χ4n) is 1.67. The fraction of sp³-hybridized carbons (Fsp3) is 0.214. The second-order valence-electron chi connectivity index (χ2n) is 3.86. The highest BCUT2D eigenvalue weighted by molar-refractivity contribution is 6.30. The van der Waals surface area contributed by atoms with Crippen LogP contribution in [0.5, 0.6) is 17.2 Å². The zero-order valence-corrected chi connectivity index (χ0v) is 11.8. The monoisotopic (exact) mass is 297 g/mol. The molecule has 0 aliphatic heterocycles. The van der Waals surface area contributed by atoms with Crippen molar-refractivity contribution in [1.29, 1.82) is 0 Å². The van der Waals surface area contributed by atoms with E-state index in [1.165, 1.54) is 26.4 Å². The molecular formula is C14H13ClFNO3. The van der Waals surface area contributed by atoms with E-state index in [0.717, 1.165) is 0 Å². The summed E-state index contributed by atoms with van der Waals surface area (Å²) >= 11 is 5.61. The highest BCUT2D eigenvalue weighted by Crippen LogP contribution is 2.30. The Balaban J connectivity index is 2.16. The maximum atomic E-state index is 13.3. The third-order valence-corrected chi connectivity index (χ3v) is 2.94. The van der Waals surface area contributed by atoms with Gasteiger partial charge in [0.15, 0.2) is 11.5 Å². The largest absolute Gasteiger partial charge is 0.493 e. The molecule has 0 unspecified atom stereocenters. The second-order valence-corrected chi connectivity index (χ2v) is 4.26. The predicted molar refractivity (Wildman–Crippen MR) is 73.1 cm³/mol. The van der Waals surface area contributed by atoms with Crippen molar-refractivity contribution in [3.05, 3.63) is 47.0 Å². The van der Waals surface area contributed by atoms with Crippen LogP contribution >= 0.6 is 11.6 Å². The molecule has 0 saturated carbocycles. The summed E-state index contributed by atoms with van der Waals surface area (Å²) in [4.78, 5) is 4.16. The summed E-state index contributed by atoms with van der Waals surface area (Å²) < 4.78 is 29.2. The SMILES string of the molecule is COc1ccnc(COc2ccc(Cl)c(F)c2)c1OC. The van der Waals surface area contributed by atoms with Crippen LogP contribution in [-0.4, -0.2) is 19.2 Å². The first-order chi connectivity index (χ1) is 9.65. The van der Waals surface area contributed by atoms with Crippen molar-refractivity contribution in [1.82, 2.24) is 4.98 Å². The molecule has 0 aliphatic rings. The van der Waals surface area contributed by atoms with Crippen molar-refractivity contribution in [3.63, 3.8) is 0 Å². The molecule has 1 aromatic heterocycles. The normalized spacial score (nSPS) is 10.2. The van der Waals surface area contributed by atoms with E-state index in [1.807, 2.05) is 0 Å². The molecule has 0 bridgehead atoms. The van der Waals surface area contributed by atoms with E-state index >= 15 is 0 Å². The van der Waals surface area contributed by atoms with Crippen molar-refractivity contribution in [2.75, 3.05) is 14.2 Å². The van der Waals surface area contributed by atoms with Gasteiger partial charge >= 0.3 is 0 Å². The lowest BCUT2D eigenvalue weighted by atomic mass is 10.3. The quantitative estimate of drug-likeness (QED) is 0.847. The van der Waals surface area contributed by atoms with Crippen molar-refractivity contribution in [3.8, 4) is 17.2 Å². The number of ether oxygens (including phenoxy) is 3. The van der Waals surface area contributed by atoms with Crippen LogP contribution < -0.4 is 14.2 Å². The average molecular weight is 298 g/mol. The van der Waals surface area contributed by atoms with Crippen LogP contribution in [0.15, 0.2) is 30.5 Å². The van der Waals surface area contributed by atoms with Gasteiger partial charge in [0, 0.05) is 18.3 Å². The molecule has 106 valence electrons. The molecule has 2 aromatic rings. The lowest BCUT2D eigenvalue weighted by Gasteiger charge is -2.12. The van der Waals surface area contributed by atoms with Gasteiger partial charge in [-0.1, -0.05) is 11.6 Å². The Bertz CT molecular complexity index is 607. The van der Waals surface area contributed by atoms with E-state index < -0.39 is 5.82 Å². The molecule has 4 nitrogen and oxygen atoms in total. The Morgan fingerprint density at radius 3 is 2.65 bits per heavy atom. The summed E-state index contributed by atoms with van der Waals surface area (Å²) in [6.45, 7) is 0.126. The van der Waals surface area contributed by atoms with Crippen LogP contribution in [-0.2, 0) is 6.61 Å². The van der Waals surface area contributed by atoms with Crippen LogP contribution in [0.1, 0.15) is 5.69 Å².